The van der Waals surface area contributed by atoms with Crippen molar-refractivity contribution in [3.63, 3.8) is 0 Å². The predicted molar refractivity (Wildman–Crippen MR) is 101 cm³/mol. The Bertz CT molecular complexity index is 808. The van der Waals surface area contributed by atoms with Gasteiger partial charge in [0.05, 0.1) is 0 Å². The molecule has 0 bridgehead atoms. The van der Waals surface area contributed by atoms with Gasteiger partial charge in [0.15, 0.2) is 6.04 Å². The van der Waals surface area contributed by atoms with Gasteiger partial charge in [0, 0.05) is 13.1 Å². The predicted octanol–water partition coefficient (Wildman–Crippen LogP) is 1.61. The third-order valence-electron chi connectivity index (χ3n) is 4.62. The molecule has 3 amide bonds. The number of piperazine rings is 1. The van der Waals surface area contributed by atoms with Crippen molar-refractivity contribution in [2.24, 2.45) is 0 Å². The van der Waals surface area contributed by atoms with Crippen LogP contribution in [0.2, 0.25) is 0 Å². The molecule has 3 rings (SSSR count). The van der Waals surface area contributed by atoms with Crippen molar-refractivity contribution in [1.82, 2.24) is 15.5 Å². The summed E-state index contributed by atoms with van der Waals surface area (Å²) in [6, 6.07) is 17.0. The highest BCUT2D eigenvalue weighted by atomic mass is 16.2. The molecule has 2 aromatic rings. The van der Waals surface area contributed by atoms with E-state index in [1.54, 1.807) is 0 Å². The Morgan fingerprint density at radius 3 is 2.19 bits per heavy atom. The molecule has 0 aromatic heterocycles. The lowest BCUT2D eigenvalue weighted by molar-refractivity contribution is -0.155. The molecule has 1 aliphatic heterocycles. The number of rotatable bonds is 6. The molecule has 0 spiro atoms. The van der Waals surface area contributed by atoms with Crippen molar-refractivity contribution in [3.05, 3.63) is 71.8 Å². The van der Waals surface area contributed by atoms with Crippen molar-refractivity contribution in [2.45, 2.75) is 38.5 Å². The molecular weight excluding hydrogens is 342 g/mol. The SMILES string of the molecule is CC[C@@H]1NC(=O)C(C(=O)NCc2ccccc2)N(Cc2ccccc2)C1=O. The van der Waals surface area contributed by atoms with Gasteiger partial charge in [-0.15, -0.1) is 0 Å². The maximum absolute atomic E-state index is 12.8. The van der Waals surface area contributed by atoms with Crippen LogP contribution in [0.1, 0.15) is 24.5 Å². The van der Waals surface area contributed by atoms with Crippen molar-refractivity contribution in [1.29, 1.82) is 0 Å². The minimum atomic E-state index is -1.18. The van der Waals surface area contributed by atoms with Gasteiger partial charge in [0.25, 0.3) is 11.8 Å². The summed E-state index contributed by atoms with van der Waals surface area (Å²) in [4.78, 5) is 39.6. The van der Waals surface area contributed by atoms with E-state index in [4.69, 9.17) is 0 Å². The Labute approximate surface area is 158 Å². The fourth-order valence-electron chi connectivity index (χ4n) is 3.15. The highest BCUT2D eigenvalue weighted by Crippen LogP contribution is 2.17. The van der Waals surface area contributed by atoms with Crippen LogP contribution in [0, 0.1) is 0 Å². The topological polar surface area (TPSA) is 78.5 Å². The average molecular weight is 365 g/mol. The third kappa shape index (κ3) is 4.34. The van der Waals surface area contributed by atoms with Gasteiger partial charge in [0.1, 0.15) is 6.04 Å². The fourth-order valence-corrected chi connectivity index (χ4v) is 3.15. The maximum Gasteiger partial charge on any atom is 0.253 e. The summed E-state index contributed by atoms with van der Waals surface area (Å²) < 4.78 is 0. The normalized spacial score (nSPS) is 19.5. The first-order valence-corrected chi connectivity index (χ1v) is 9.06. The first kappa shape index (κ1) is 18.6. The summed E-state index contributed by atoms with van der Waals surface area (Å²) >= 11 is 0. The summed E-state index contributed by atoms with van der Waals surface area (Å²) in [5.74, 6) is -1.15. The van der Waals surface area contributed by atoms with Gasteiger partial charge < -0.3 is 15.5 Å². The van der Waals surface area contributed by atoms with Gasteiger partial charge in [-0.05, 0) is 17.5 Å². The second-order valence-corrected chi connectivity index (χ2v) is 6.53. The Morgan fingerprint density at radius 2 is 1.59 bits per heavy atom. The summed E-state index contributed by atoms with van der Waals surface area (Å²) in [7, 11) is 0. The van der Waals surface area contributed by atoms with Crippen LogP contribution < -0.4 is 10.6 Å². The van der Waals surface area contributed by atoms with E-state index in [-0.39, 0.29) is 12.5 Å². The molecule has 1 unspecified atom stereocenters. The molecule has 0 aliphatic carbocycles. The highest BCUT2D eigenvalue weighted by molar-refractivity contribution is 6.10. The minimum Gasteiger partial charge on any atom is -0.350 e. The standard InChI is InChI=1S/C21H23N3O3/c1-2-17-21(27)24(14-16-11-7-4-8-12-16)18(20(26)23-17)19(25)22-13-15-9-5-3-6-10-15/h3-12,17-18H,2,13-14H2,1H3,(H,22,25)(H,23,26)/t17-,18?/m0/s1. The number of nitrogens with zero attached hydrogens (tertiary/aromatic N) is 1. The molecule has 2 aromatic carbocycles. The monoisotopic (exact) mass is 365 g/mol. The van der Waals surface area contributed by atoms with Gasteiger partial charge in [-0.2, -0.15) is 0 Å². The number of amides is 3. The Hall–Kier alpha value is -3.15. The van der Waals surface area contributed by atoms with Crippen molar-refractivity contribution in [3.8, 4) is 0 Å². The Kier molecular flexibility index (Phi) is 5.86. The number of benzene rings is 2. The molecule has 2 atom stereocenters. The van der Waals surface area contributed by atoms with E-state index in [2.05, 4.69) is 10.6 Å². The Morgan fingerprint density at radius 1 is 1.00 bits per heavy atom. The highest BCUT2D eigenvalue weighted by Gasteiger charge is 2.43. The van der Waals surface area contributed by atoms with Crippen LogP contribution in [-0.2, 0) is 27.5 Å². The minimum absolute atomic E-state index is 0.215. The lowest BCUT2D eigenvalue weighted by Gasteiger charge is -2.38. The molecule has 0 radical (unpaired) electrons. The molecule has 2 N–H and O–H groups in total. The molecule has 6 heteroatoms. The van der Waals surface area contributed by atoms with E-state index >= 15 is 0 Å². The van der Waals surface area contributed by atoms with Crippen molar-refractivity contribution >= 4 is 17.7 Å². The zero-order chi connectivity index (χ0) is 19.2. The zero-order valence-electron chi connectivity index (χ0n) is 15.2. The largest absolute Gasteiger partial charge is 0.350 e. The number of hydrogen-bond acceptors (Lipinski definition) is 3. The van der Waals surface area contributed by atoms with E-state index in [0.717, 1.165) is 11.1 Å². The number of carbonyl (C=O) groups is 3. The van der Waals surface area contributed by atoms with Gasteiger partial charge in [-0.1, -0.05) is 67.6 Å². The van der Waals surface area contributed by atoms with Crippen LogP contribution >= 0.6 is 0 Å². The van der Waals surface area contributed by atoms with Gasteiger partial charge in [-0.3, -0.25) is 14.4 Å². The smallest absolute Gasteiger partial charge is 0.253 e. The molecule has 1 saturated heterocycles. The van der Waals surface area contributed by atoms with Crippen LogP contribution in [0.25, 0.3) is 0 Å². The summed E-state index contributed by atoms with van der Waals surface area (Å²) in [6.07, 6.45) is 0.480. The molecule has 1 aliphatic rings. The lowest BCUT2D eigenvalue weighted by Crippen LogP contribution is -2.66. The molecule has 6 nitrogen and oxygen atoms in total. The Balaban J connectivity index is 1.79. The van der Waals surface area contributed by atoms with E-state index < -0.39 is 23.9 Å². The van der Waals surface area contributed by atoms with Gasteiger partial charge in [0.2, 0.25) is 5.91 Å². The first-order chi connectivity index (χ1) is 13.1. The molecular formula is C21H23N3O3. The quantitative estimate of drug-likeness (QED) is 0.764. The van der Waals surface area contributed by atoms with Crippen LogP contribution in [0.3, 0.4) is 0 Å². The maximum atomic E-state index is 12.8. The summed E-state index contributed by atoms with van der Waals surface area (Å²) in [6.45, 7) is 2.35. The van der Waals surface area contributed by atoms with Crippen LogP contribution in [0.15, 0.2) is 60.7 Å². The number of nitrogens with one attached hydrogen (secondary N) is 2. The summed E-state index contributed by atoms with van der Waals surface area (Å²) in [5.41, 5.74) is 1.80. The second-order valence-electron chi connectivity index (χ2n) is 6.53. The zero-order valence-corrected chi connectivity index (χ0v) is 15.2. The molecule has 140 valence electrons. The molecule has 1 heterocycles. The van der Waals surface area contributed by atoms with E-state index in [0.29, 0.717) is 13.0 Å². The lowest BCUT2D eigenvalue weighted by atomic mass is 10.0. The first-order valence-electron chi connectivity index (χ1n) is 9.06. The molecule has 0 saturated carbocycles. The van der Waals surface area contributed by atoms with E-state index in [1.807, 2.05) is 67.6 Å². The van der Waals surface area contributed by atoms with Gasteiger partial charge in [-0.25, -0.2) is 0 Å². The average Bonchev–Trinajstić information content (AvgIpc) is 2.70. The summed E-state index contributed by atoms with van der Waals surface area (Å²) in [5, 5.41) is 5.44. The number of carbonyl (C=O) groups excluding carboxylic acids is 3. The second kappa shape index (κ2) is 8.49. The van der Waals surface area contributed by atoms with Crippen molar-refractivity contribution in [2.75, 3.05) is 0 Å². The molecule has 27 heavy (non-hydrogen) atoms. The van der Waals surface area contributed by atoms with Crippen LogP contribution in [-0.4, -0.2) is 34.7 Å². The van der Waals surface area contributed by atoms with E-state index in [1.165, 1.54) is 4.90 Å². The molecule has 1 fully saturated rings. The number of hydrogen-bond donors (Lipinski definition) is 2. The van der Waals surface area contributed by atoms with E-state index in [9.17, 15) is 14.4 Å². The fraction of sp³-hybridized carbons (Fsp3) is 0.286. The van der Waals surface area contributed by atoms with Crippen LogP contribution in [0.5, 0.6) is 0 Å². The van der Waals surface area contributed by atoms with Gasteiger partial charge >= 0.3 is 0 Å². The van der Waals surface area contributed by atoms with Crippen LogP contribution in [0.4, 0.5) is 0 Å². The third-order valence-corrected chi connectivity index (χ3v) is 4.62. The van der Waals surface area contributed by atoms with Crippen molar-refractivity contribution < 1.29 is 14.4 Å².